The van der Waals surface area contributed by atoms with Gasteiger partial charge in [-0.3, -0.25) is 4.79 Å². The second kappa shape index (κ2) is 7.70. The minimum atomic E-state index is -1.05. The molecule has 23 heavy (non-hydrogen) atoms. The average molecular weight is 651 g/mol. The van der Waals surface area contributed by atoms with Crippen molar-refractivity contribution in [2.75, 3.05) is 0 Å². The first kappa shape index (κ1) is 19.0. The molecule has 0 aliphatic heterocycles. The predicted octanol–water partition coefficient (Wildman–Crippen LogP) is 4.22. The second-order valence-corrected chi connectivity index (χ2v) is 11.3. The van der Waals surface area contributed by atoms with Crippen LogP contribution in [0.1, 0.15) is 5.56 Å². The van der Waals surface area contributed by atoms with Crippen LogP contribution < -0.4 is 10.5 Å². The lowest BCUT2D eigenvalue weighted by molar-refractivity contribution is -0.138. The Bertz CT molecular complexity index is 719. The summed E-state index contributed by atoms with van der Waals surface area (Å²) in [4.78, 5) is 11.1. The number of halogens is 3. The molecule has 0 saturated carbocycles. The molecule has 0 aliphatic rings. The Morgan fingerprint density at radius 3 is 2.30 bits per heavy atom. The summed E-state index contributed by atoms with van der Waals surface area (Å²) in [5.41, 5.74) is 6.54. The summed E-state index contributed by atoms with van der Waals surface area (Å²) >= 11 is 6.16. The first-order valence-electron chi connectivity index (χ1n) is 6.35. The number of nitrogens with two attached hydrogens (primary N) is 1. The molecule has 0 fully saturated rings. The van der Waals surface area contributed by atoms with Crippen molar-refractivity contribution in [3.05, 3.63) is 51.6 Å². The number of aliphatic carboxylic acids is 1. The van der Waals surface area contributed by atoms with Crippen molar-refractivity contribution in [3.8, 4) is 17.2 Å². The largest absolute Gasteiger partial charge is 0.508 e. The number of phenolic OH excluding ortho intramolecular Hbond substituents is 1. The zero-order chi connectivity index (χ0) is 17.2. The van der Waals surface area contributed by atoms with E-state index in [9.17, 15) is 9.90 Å². The molecular weight excluding hydrogens is 639 g/mol. The van der Waals surface area contributed by atoms with Crippen LogP contribution in [0.15, 0.2) is 42.5 Å². The van der Waals surface area contributed by atoms with Gasteiger partial charge in [-0.25, -0.2) is 0 Å². The first-order valence-corrected chi connectivity index (χ1v) is 9.58. The van der Waals surface area contributed by atoms with E-state index >= 15 is 0 Å². The zero-order valence-electron chi connectivity index (χ0n) is 11.5. The highest BCUT2D eigenvalue weighted by molar-refractivity contribution is 14.2. The Balaban J connectivity index is 2.21. The van der Waals surface area contributed by atoms with Gasteiger partial charge in [0.25, 0.3) is 0 Å². The van der Waals surface area contributed by atoms with Crippen LogP contribution in [0.3, 0.4) is 0 Å². The van der Waals surface area contributed by atoms with E-state index in [2.05, 4.69) is 22.6 Å². The Morgan fingerprint density at radius 1 is 1.17 bits per heavy atom. The van der Waals surface area contributed by atoms with Crippen LogP contribution in [0.2, 0.25) is 0 Å². The standard InChI is InChI=1S/C15H12I3NO4/c16-11-7-9(20)3-6-12(11)23-10-4-1-8(2-5-10)15(17,18)13(19)14(21)22/h1-7,13,20H,19H2,(H,21,22)/t13-/m1/s1. The van der Waals surface area contributed by atoms with Gasteiger partial charge in [0.05, 0.1) is 3.57 Å². The number of alkyl halides is 2. The van der Waals surface area contributed by atoms with E-state index < -0.39 is 13.4 Å². The van der Waals surface area contributed by atoms with Gasteiger partial charge >= 0.3 is 5.97 Å². The number of phenols is 1. The molecule has 0 radical (unpaired) electrons. The van der Waals surface area contributed by atoms with Gasteiger partial charge in [0.1, 0.15) is 24.7 Å². The zero-order valence-corrected chi connectivity index (χ0v) is 18.0. The van der Waals surface area contributed by atoms with Gasteiger partial charge in [-0.2, -0.15) is 0 Å². The van der Waals surface area contributed by atoms with Crippen molar-refractivity contribution < 1.29 is 19.7 Å². The molecule has 5 nitrogen and oxygen atoms in total. The Morgan fingerprint density at radius 2 is 1.78 bits per heavy atom. The fourth-order valence-electron chi connectivity index (χ4n) is 1.78. The molecule has 2 aromatic carbocycles. The molecule has 4 N–H and O–H groups in total. The lowest BCUT2D eigenvalue weighted by Gasteiger charge is -2.25. The van der Waals surface area contributed by atoms with E-state index in [1.54, 1.807) is 42.5 Å². The summed E-state index contributed by atoms with van der Waals surface area (Å²) < 4.78 is 5.80. The van der Waals surface area contributed by atoms with Gasteiger partial charge in [0.15, 0.2) is 0 Å². The van der Waals surface area contributed by atoms with Crippen LogP contribution in [0.5, 0.6) is 17.2 Å². The Hall–Kier alpha value is -0.340. The van der Waals surface area contributed by atoms with Crippen LogP contribution in [-0.4, -0.2) is 22.2 Å². The molecule has 0 unspecified atom stereocenters. The Labute approximate surface area is 174 Å². The van der Waals surface area contributed by atoms with Crippen molar-refractivity contribution in [1.29, 1.82) is 0 Å². The first-order chi connectivity index (χ1) is 10.7. The highest BCUT2D eigenvalue weighted by Gasteiger charge is 2.37. The number of aromatic hydroxyl groups is 1. The monoisotopic (exact) mass is 651 g/mol. The van der Waals surface area contributed by atoms with E-state index in [-0.39, 0.29) is 5.75 Å². The minimum absolute atomic E-state index is 0.180. The van der Waals surface area contributed by atoms with Gasteiger partial charge in [0.2, 0.25) is 0 Å². The molecule has 0 bridgehead atoms. The molecular formula is C15H12I3NO4. The van der Waals surface area contributed by atoms with Crippen LogP contribution in [0, 0.1) is 3.57 Å². The third kappa shape index (κ3) is 4.60. The SMILES string of the molecule is N[C@H](C(=O)O)C(I)(I)c1ccc(Oc2ccc(O)cc2I)cc1. The van der Waals surface area contributed by atoms with Gasteiger partial charge < -0.3 is 20.7 Å². The number of carbonyl (C=O) groups is 1. The number of ether oxygens (including phenoxy) is 1. The normalized spacial score (nSPS) is 12.7. The van der Waals surface area contributed by atoms with Gasteiger partial charge in [-0.05, 0) is 58.5 Å². The summed E-state index contributed by atoms with van der Waals surface area (Å²) in [5, 5.41) is 18.5. The van der Waals surface area contributed by atoms with Gasteiger partial charge in [-0.15, -0.1) is 0 Å². The van der Waals surface area contributed by atoms with E-state index in [4.69, 9.17) is 15.6 Å². The number of benzene rings is 2. The van der Waals surface area contributed by atoms with Gasteiger partial charge in [0, 0.05) is 0 Å². The highest BCUT2D eigenvalue weighted by atomic mass is 127. The molecule has 1 atom stereocenters. The molecule has 0 aromatic heterocycles. The molecule has 0 amide bonds. The third-order valence-corrected chi connectivity index (χ3v) is 6.47. The van der Waals surface area contributed by atoms with Crippen molar-refractivity contribution in [2.45, 2.75) is 7.47 Å². The van der Waals surface area contributed by atoms with Gasteiger partial charge in [-0.1, -0.05) is 57.3 Å². The van der Waals surface area contributed by atoms with Crippen LogP contribution >= 0.6 is 67.8 Å². The topological polar surface area (TPSA) is 92.8 Å². The van der Waals surface area contributed by atoms with Crippen molar-refractivity contribution in [2.24, 2.45) is 5.73 Å². The molecule has 2 rings (SSSR count). The molecule has 0 heterocycles. The number of carboxylic acids is 1. The third-order valence-electron chi connectivity index (χ3n) is 3.04. The Kier molecular flexibility index (Phi) is 6.35. The predicted molar refractivity (Wildman–Crippen MR) is 113 cm³/mol. The summed E-state index contributed by atoms with van der Waals surface area (Å²) in [6.07, 6.45) is 0. The van der Waals surface area contributed by atoms with Crippen LogP contribution in [-0.2, 0) is 6.22 Å². The number of rotatable bonds is 5. The minimum Gasteiger partial charge on any atom is -0.508 e. The molecule has 8 heteroatoms. The maximum absolute atomic E-state index is 11.1. The lowest BCUT2D eigenvalue weighted by atomic mass is 10.1. The average Bonchev–Trinajstić information content (AvgIpc) is 2.49. The lowest BCUT2D eigenvalue weighted by Crippen LogP contribution is -2.42. The summed E-state index contributed by atoms with van der Waals surface area (Å²) in [6, 6.07) is 10.9. The van der Waals surface area contributed by atoms with Crippen molar-refractivity contribution in [1.82, 2.24) is 0 Å². The summed E-state index contributed by atoms with van der Waals surface area (Å²) in [6.45, 7) is 0. The molecule has 0 saturated heterocycles. The maximum atomic E-state index is 11.1. The van der Waals surface area contributed by atoms with E-state index in [0.717, 1.165) is 9.13 Å². The number of hydrogen-bond donors (Lipinski definition) is 3. The maximum Gasteiger partial charge on any atom is 0.323 e. The fraction of sp³-hybridized carbons (Fsp3) is 0.133. The highest BCUT2D eigenvalue weighted by Crippen LogP contribution is 2.42. The fourth-order valence-corrected chi connectivity index (χ4v) is 3.64. The molecule has 2 aromatic rings. The van der Waals surface area contributed by atoms with E-state index in [1.807, 2.05) is 45.2 Å². The van der Waals surface area contributed by atoms with Crippen molar-refractivity contribution >= 4 is 73.7 Å². The van der Waals surface area contributed by atoms with Crippen LogP contribution in [0.25, 0.3) is 0 Å². The number of hydrogen-bond acceptors (Lipinski definition) is 4. The summed E-state index contributed by atoms with van der Waals surface area (Å²) in [7, 11) is 0. The van der Waals surface area contributed by atoms with Crippen molar-refractivity contribution in [3.63, 3.8) is 0 Å². The summed E-state index contributed by atoms with van der Waals surface area (Å²) in [5.74, 6) is 0.380. The smallest absolute Gasteiger partial charge is 0.323 e. The van der Waals surface area contributed by atoms with E-state index in [0.29, 0.717) is 11.5 Å². The van der Waals surface area contributed by atoms with Crippen LogP contribution in [0.4, 0.5) is 0 Å². The molecule has 0 spiro atoms. The quantitative estimate of drug-likeness (QED) is 0.333. The number of carboxylic acid groups (broad SMARTS) is 1. The molecule has 122 valence electrons. The molecule has 0 aliphatic carbocycles. The van der Waals surface area contributed by atoms with E-state index in [1.165, 1.54) is 0 Å². The second-order valence-electron chi connectivity index (χ2n) is 4.68.